The first-order chi connectivity index (χ1) is 12.7. The molecule has 0 amide bonds. The second kappa shape index (κ2) is 15.6. The van der Waals surface area contributed by atoms with Crippen LogP contribution in [0.15, 0.2) is 12.2 Å². The first-order valence-electron chi connectivity index (χ1n) is 10.6. The Bertz CT molecular complexity index is 347. The van der Waals surface area contributed by atoms with Gasteiger partial charge in [-0.15, -0.1) is 0 Å². The Morgan fingerprint density at radius 2 is 1.50 bits per heavy atom. The molecule has 0 saturated carbocycles. The lowest BCUT2D eigenvalue weighted by molar-refractivity contribution is -0.208. The summed E-state index contributed by atoms with van der Waals surface area (Å²) < 4.78 is 10.9. The summed E-state index contributed by atoms with van der Waals surface area (Å²) in [7, 11) is 0. The number of unbranched alkanes of at least 4 members (excludes halogenated alkanes) is 9. The fourth-order valence-electron chi connectivity index (χ4n) is 3.26. The van der Waals surface area contributed by atoms with Crippen LogP contribution in [0, 0.1) is 0 Å². The standard InChI is InChI=1S/C21H40O5/c1-2-3-4-5-6-7-8-9-10-11-12-13-14-15-25-19-17-26-18(16-22)20(23)21(19)24/h12-13,18-24H,2-11,14-17H2,1H3/b13-12+/t18-,19+,20-,21-/m1/s1. The molecule has 1 aliphatic heterocycles. The lowest BCUT2D eigenvalue weighted by Gasteiger charge is -2.36. The molecule has 26 heavy (non-hydrogen) atoms. The Balaban J connectivity index is 1.92. The Morgan fingerprint density at radius 3 is 2.15 bits per heavy atom. The number of hydrogen-bond acceptors (Lipinski definition) is 5. The Kier molecular flexibility index (Phi) is 14.1. The number of hydrogen-bond donors (Lipinski definition) is 3. The maximum absolute atomic E-state index is 9.96. The average molecular weight is 373 g/mol. The number of aliphatic hydroxyl groups excluding tert-OH is 3. The molecule has 0 radical (unpaired) electrons. The molecule has 0 aliphatic carbocycles. The summed E-state index contributed by atoms with van der Waals surface area (Å²) in [6, 6.07) is 0. The van der Waals surface area contributed by atoms with Crippen LogP contribution >= 0.6 is 0 Å². The summed E-state index contributed by atoms with van der Waals surface area (Å²) in [6.45, 7) is 2.65. The van der Waals surface area contributed by atoms with E-state index in [-0.39, 0.29) is 13.2 Å². The van der Waals surface area contributed by atoms with E-state index in [1.165, 1.54) is 57.8 Å². The molecule has 1 saturated heterocycles. The van der Waals surface area contributed by atoms with E-state index in [2.05, 4.69) is 19.1 Å². The summed E-state index contributed by atoms with van der Waals surface area (Å²) >= 11 is 0. The Labute approximate surface area is 159 Å². The van der Waals surface area contributed by atoms with Crippen molar-refractivity contribution in [3.8, 4) is 0 Å². The van der Waals surface area contributed by atoms with Gasteiger partial charge in [0, 0.05) is 0 Å². The molecule has 0 bridgehead atoms. The van der Waals surface area contributed by atoms with Gasteiger partial charge in [0.1, 0.15) is 24.4 Å². The number of rotatable bonds is 15. The maximum atomic E-state index is 9.96. The van der Waals surface area contributed by atoms with E-state index in [1.807, 2.05) is 0 Å². The third kappa shape index (κ3) is 10.0. The molecule has 0 aromatic carbocycles. The van der Waals surface area contributed by atoms with Gasteiger partial charge in [-0.3, -0.25) is 0 Å². The molecule has 0 unspecified atom stereocenters. The second-order valence-electron chi connectivity index (χ2n) is 7.32. The molecule has 0 aromatic rings. The third-order valence-corrected chi connectivity index (χ3v) is 5.02. The zero-order chi connectivity index (χ0) is 19.0. The van der Waals surface area contributed by atoms with Crippen LogP contribution < -0.4 is 0 Å². The van der Waals surface area contributed by atoms with E-state index in [0.29, 0.717) is 6.61 Å². The quantitative estimate of drug-likeness (QED) is 0.303. The van der Waals surface area contributed by atoms with Gasteiger partial charge in [0.25, 0.3) is 0 Å². The molecule has 0 spiro atoms. The summed E-state index contributed by atoms with van der Waals surface area (Å²) in [4.78, 5) is 0. The predicted octanol–water partition coefficient (Wildman–Crippen LogP) is 3.35. The van der Waals surface area contributed by atoms with E-state index in [4.69, 9.17) is 14.6 Å². The molecule has 3 N–H and O–H groups in total. The van der Waals surface area contributed by atoms with Crippen molar-refractivity contribution in [1.82, 2.24) is 0 Å². The van der Waals surface area contributed by atoms with Gasteiger partial charge in [0.2, 0.25) is 0 Å². The lowest BCUT2D eigenvalue weighted by Crippen LogP contribution is -2.55. The van der Waals surface area contributed by atoms with Gasteiger partial charge >= 0.3 is 0 Å². The van der Waals surface area contributed by atoms with E-state index in [9.17, 15) is 10.2 Å². The molecule has 0 aromatic heterocycles. The van der Waals surface area contributed by atoms with Crippen LogP contribution in [0.2, 0.25) is 0 Å². The zero-order valence-electron chi connectivity index (χ0n) is 16.5. The lowest BCUT2D eigenvalue weighted by atomic mass is 10.0. The minimum atomic E-state index is -1.10. The Hall–Kier alpha value is -0.460. The highest BCUT2D eigenvalue weighted by Gasteiger charge is 2.38. The molecular weight excluding hydrogens is 332 g/mol. The summed E-state index contributed by atoms with van der Waals surface area (Å²) in [5, 5.41) is 28.8. The Morgan fingerprint density at radius 1 is 0.885 bits per heavy atom. The molecule has 1 fully saturated rings. The highest BCUT2D eigenvalue weighted by atomic mass is 16.6. The minimum Gasteiger partial charge on any atom is -0.394 e. The van der Waals surface area contributed by atoms with Crippen LogP contribution in [0.25, 0.3) is 0 Å². The fourth-order valence-corrected chi connectivity index (χ4v) is 3.26. The number of allylic oxidation sites excluding steroid dienone is 1. The highest BCUT2D eigenvalue weighted by molar-refractivity contribution is 4.88. The van der Waals surface area contributed by atoms with Gasteiger partial charge in [-0.1, -0.05) is 70.4 Å². The van der Waals surface area contributed by atoms with Gasteiger partial charge in [0.15, 0.2) is 0 Å². The third-order valence-electron chi connectivity index (χ3n) is 5.02. The van der Waals surface area contributed by atoms with Crippen molar-refractivity contribution < 1.29 is 24.8 Å². The summed E-state index contributed by atoms with van der Waals surface area (Å²) in [5.41, 5.74) is 0. The van der Waals surface area contributed by atoms with E-state index >= 15 is 0 Å². The van der Waals surface area contributed by atoms with Crippen molar-refractivity contribution in [1.29, 1.82) is 0 Å². The van der Waals surface area contributed by atoms with Gasteiger partial charge < -0.3 is 24.8 Å². The zero-order valence-corrected chi connectivity index (χ0v) is 16.5. The summed E-state index contributed by atoms with van der Waals surface area (Å²) in [5.74, 6) is 0. The van der Waals surface area contributed by atoms with Crippen LogP contribution in [0.1, 0.15) is 77.6 Å². The van der Waals surface area contributed by atoms with E-state index in [0.717, 1.165) is 12.8 Å². The average Bonchev–Trinajstić information content (AvgIpc) is 2.65. The molecule has 5 heteroatoms. The first kappa shape index (κ1) is 23.6. The topological polar surface area (TPSA) is 79.2 Å². The molecule has 4 atom stereocenters. The normalized spacial score (nSPS) is 26.6. The SMILES string of the molecule is CCCCCCCCCCC/C=C/CCO[C@H]1CO[C@H](CO)[C@@H](O)[C@@H]1O. The smallest absolute Gasteiger partial charge is 0.111 e. The maximum Gasteiger partial charge on any atom is 0.111 e. The van der Waals surface area contributed by atoms with Gasteiger partial charge in [-0.05, 0) is 19.3 Å². The van der Waals surface area contributed by atoms with Crippen LogP contribution in [0.3, 0.4) is 0 Å². The van der Waals surface area contributed by atoms with Crippen molar-refractivity contribution in [2.75, 3.05) is 19.8 Å². The number of ether oxygens (including phenoxy) is 2. The van der Waals surface area contributed by atoms with Crippen molar-refractivity contribution in [3.63, 3.8) is 0 Å². The first-order valence-corrected chi connectivity index (χ1v) is 10.6. The summed E-state index contributed by atoms with van der Waals surface area (Å²) in [6.07, 6.45) is 15.0. The van der Waals surface area contributed by atoms with Crippen molar-refractivity contribution >= 4 is 0 Å². The van der Waals surface area contributed by atoms with Gasteiger partial charge in [0.05, 0.1) is 19.8 Å². The predicted molar refractivity (Wildman–Crippen MR) is 104 cm³/mol. The molecule has 1 aliphatic rings. The monoisotopic (exact) mass is 372 g/mol. The largest absolute Gasteiger partial charge is 0.394 e. The molecule has 5 nitrogen and oxygen atoms in total. The highest BCUT2D eigenvalue weighted by Crippen LogP contribution is 2.18. The minimum absolute atomic E-state index is 0.200. The van der Waals surface area contributed by atoms with Crippen LogP contribution in [0.4, 0.5) is 0 Å². The second-order valence-corrected chi connectivity index (χ2v) is 7.32. The van der Waals surface area contributed by atoms with Crippen LogP contribution in [-0.4, -0.2) is 59.6 Å². The van der Waals surface area contributed by atoms with Crippen LogP contribution in [0.5, 0.6) is 0 Å². The molecule has 1 heterocycles. The fraction of sp³-hybridized carbons (Fsp3) is 0.905. The molecular formula is C21H40O5. The van der Waals surface area contributed by atoms with E-state index < -0.39 is 24.4 Å². The van der Waals surface area contributed by atoms with E-state index in [1.54, 1.807) is 0 Å². The van der Waals surface area contributed by atoms with Crippen LogP contribution in [-0.2, 0) is 9.47 Å². The van der Waals surface area contributed by atoms with Gasteiger partial charge in [-0.25, -0.2) is 0 Å². The van der Waals surface area contributed by atoms with Gasteiger partial charge in [-0.2, -0.15) is 0 Å². The van der Waals surface area contributed by atoms with Crippen molar-refractivity contribution in [2.45, 2.75) is 102 Å². The molecule has 1 rings (SSSR count). The van der Waals surface area contributed by atoms with Crippen molar-refractivity contribution in [3.05, 3.63) is 12.2 Å². The number of aliphatic hydroxyl groups is 3. The molecule has 154 valence electrons. The van der Waals surface area contributed by atoms with Crippen molar-refractivity contribution in [2.24, 2.45) is 0 Å².